The number of ether oxygens (including phenoxy) is 2. The van der Waals surface area contributed by atoms with Crippen molar-refractivity contribution >= 4 is 34.6 Å². The lowest BCUT2D eigenvalue weighted by Crippen LogP contribution is -2.34. The van der Waals surface area contributed by atoms with Crippen LogP contribution in [0.25, 0.3) is 0 Å². The topological polar surface area (TPSA) is 110 Å². The van der Waals surface area contributed by atoms with Crippen LogP contribution < -0.4 is 15.4 Å². The average Bonchev–Trinajstić information content (AvgIpc) is 2.78. The third-order valence-corrected chi connectivity index (χ3v) is 5.28. The first-order valence-corrected chi connectivity index (χ1v) is 10.5. The molecule has 0 saturated heterocycles. The number of carboxylic acids is 1. The first kappa shape index (κ1) is 23.4. The highest BCUT2D eigenvalue weighted by Crippen LogP contribution is 2.28. The van der Waals surface area contributed by atoms with Crippen LogP contribution in [0.5, 0.6) is 5.75 Å². The third-order valence-electron chi connectivity index (χ3n) is 4.98. The number of benzene rings is 1. The van der Waals surface area contributed by atoms with E-state index in [4.69, 9.17) is 21.7 Å². The molecule has 1 aliphatic rings. The molecule has 0 fully saturated rings. The normalized spacial score (nSPS) is 15.9. The van der Waals surface area contributed by atoms with Gasteiger partial charge in [0.15, 0.2) is 5.78 Å². The number of hydrogen-bond acceptors (Lipinski definition) is 7. The summed E-state index contributed by atoms with van der Waals surface area (Å²) in [5.74, 6) is -1.53. The third kappa shape index (κ3) is 6.12. The molecule has 0 bridgehead atoms. The van der Waals surface area contributed by atoms with Crippen LogP contribution in [0.1, 0.15) is 18.4 Å². The highest BCUT2D eigenvalue weighted by atomic mass is 32.1. The fourth-order valence-electron chi connectivity index (χ4n) is 3.35. The van der Waals surface area contributed by atoms with Gasteiger partial charge < -0.3 is 25.2 Å². The Balaban J connectivity index is 1.83. The minimum Gasteiger partial charge on any atom is -0.489 e. The smallest absolute Gasteiger partial charge is 0.307 e. The van der Waals surface area contributed by atoms with Gasteiger partial charge in [-0.15, -0.1) is 0 Å². The van der Waals surface area contributed by atoms with Gasteiger partial charge in [0.25, 0.3) is 0 Å². The van der Waals surface area contributed by atoms with E-state index < -0.39 is 11.9 Å². The zero-order valence-electron chi connectivity index (χ0n) is 17.7. The highest BCUT2D eigenvalue weighted by Gasteiger charge is 2.33. The van der Waals surface area contributed by atoms with E-state index in [-0.39, 0.29) is 23.6 Å². The summed E-state index contributed by atoms with van der Waals surface area (Å²) in [6.45, 7) is 1.12. The molecule has 1 aromatic carbocycles. The van der Waals surface area contributed by atoms with Crippen LogP contribution in [-0.2, 0) is 20.9 Å². The van der Waals surface area contributed by atoms with E-state index in [1.54, 1.807) is 25.6 Å². The number of carbonyl (C=O) groups excluding carboxylic acids is 1. The molecule has 32 heavy (non-hydrogen) atoms. The van der Waals surface area contributed by atoms with Gasteiger partial charge in [0.05, 0.1) is 24.3 Å². The molecule has 3 rings (SSSR count). The molecule has 8 nitrogen and oxygen atoms in total. The van der Waals surface area contributed by atoms with Gasteiger partial charge in [0.1, 0.15) is 17.3 Å². The van der Waals surface area contributed by atoms with Gasteiger partial charge in [-0.1, -0.05) is 30.4 Å². The molecule has 9 heteroatoms. The number of pyridine rings is 1. The van der Waals surface area contributed by atoms with Crippen LogP contribution in [0.3, 0.4) is 0 Å². The monoisotopic (exact) mass is 455 g/mol. The number of aliphatic carboxylic acids is 1. The summed E-state index contributed by atoms with van der Waals surface area (Å²) >= 11 is 5.52. The zero-order chi connectivity index (χ0) is 22.9. The maximum Gasteiger partial charge on any atom is 0.307 e. The minimum atomic E-state index is -1.01. The number of Topliss-reactive ketones (excluding diaryl/α,β-unsaturated/α-hetero) is 1. The Hall–Kier alpha value is -3.30. The van der Waals surface area contributed by atoms with Crippen molar-refractivity contribution in [2.75, 3.05) is 25.6 Å². The van der Waals surface area contributed by atoms with Crippen LogP contribution in [0.15, 0.2) is 60.1 Å². The van der Waals surface area contributed by atoms with E-state index in [1.165, 1.54) is 0 Å². The van der Waals surface area contributed by atoms with Crippen molar-refractivity contribution in [2.24, 2.45) is 5.92 Å². The second-order valence-electron chi connectivity index (χ2n) is 7.22. The molecule has 2 aromatic rings. The fourth-order valence-corrected chi connectivity index (χ4v) is 3.71. The van der Waals surface area contributed by atoms with Crippen molar-refractivity contribution in [1.82, 2.24) is 10.3 Å². The van der Waals surface area contributed by atoms with Crippen LogP contribution in [-0.4, -0.2) is 47.2 Å². The summed E-state index contributed by atoms with van der Waals surface area (Å²) in [6, 6.07) is 11.1. The number of carboxylic acid groups (broad SMARTS) is 1. The summed E-state index contributed by atoms with van der Waals surface area (Å²) in [6.07, 6.45) is 3.34. The zero-order valence-corrected chi connectivity index (χ0v) is 18.5. The quantitative estimate of drug-likeness (QED) is 0.368. The number of allylic oxidation sites excluding steroid dienone is 1. The van der Waals surface area contributed by atoms with E-state index in [2.05, 4.69) is 15.6 Å². The van der Waals surface area contributed by atoms with E-state index in [1.807, 2.05) is 30.3 Å². The predicted octanol–water partition coefficient (Wildman–Crippen LogP) is 2.95. The lowest BCUT2D eigenvalue weighted by atomic mass is 9.85. The van der Waals surface area contributed by atoms with Gasteiger partial charge in [0.2, 0.25) is 0 Å². The van der Waals surface area contributed by atoms with Gasteiger partial charge in [-0.05, 0) is 18.2 Å². The van der Waals surface area contributed by atoms with E-state index >= 15 is 0 Å². The van der Waals surface area contributed by atoms with Crippen molar-refractivity contribution in [1.29, 1.82) is 0 Å². The molecule has 1 aliphatic carbocycles. The molecule has 1 heterocycles. The maximum atomic E-state index is 12.9. The Morgan fingerprint density at radius 1 is 1.22 bits per heavy atom. The number of rotatable bonds is 10. The van der Waals surface area contributed by atoms with Crippen molar-refractivity contribution in [3.63, 3.8) is 0 Å². The fraction of sp³-hybridized carbons (Fsp3) is 0.304. The summed E-state index contributed by atoms with van der Waals surface area (Å²) in [5.41, 5.74) is 2.38. The molecule has 0 aliphatic heterocycles. The largest absolute Gasteiger partial charge is 0.489 e. The average molecular weight is 456 g/mol. The summed E-state index contributed by atoms with van der Waals surface area (Å²) in [5, 5.41) is 15.8. The highest BCUT2D eigenvalue weighted by molar-refractivity contribution is 7.81. The van der Waals surface area contributed by atoms with E-state index in [9.17, 15) is 14.7 Å². The molecule has 1 unspecified atom stereocenters. The molecule has 168 valence electrons. The first-order chi connectivity index (χ1) is 15.5. The second-order valence-corrected chi connectivity index (χ2v) is 7.63. The molecular formula is C23H25N3O5S. The molecule has 1 atom stereocenters. The van der Waals surface area contributed by atoms with Crippen LogP contribution in [0, 0.1) is 5.92 Å². The maximum absolute atomic E-state index is 12.9. The van der Waals surface area contributed by atoms with Gasteiger partial charge in [-0.25, -0.2) is 0 Å². The van der Waals surface area contributed by atoms with Crippen LogP contribution in [0.2, 0.25) is 0 Å². The van der Waals surface area contributed by atoms with Crippen molar-refractivity contribution in [3.8, 4) is 5.75 Å². The lowest BCUT2D eigenvalue weighted by Gasteiger charge is -2.26. The Kier molecular flexibility index (Phi) is 8.29. The Morgan fingerprint density at radius 2 is 2.00 bits per heavy atom. The number of thiocarbonyl (C=S) groups is 1. The lowest BCUT2D eigenvalue weighted by molar-refractivity contribution is -0.143. The SMILES string of the molecule is COCCOc1cnccc1CNC1=C(C(=S)Nc2ccccc2)C(=O)CC(C(=O)O)C1. The predicted molar refractivity (Wildman–Crippen MR) is 124 cm³/mol. The number of methoxy groups -OCH3 is 1. The molecule has 0 amide bonds. The molecule has 3 N–H and O–H groups in total. The van der Waals surface area contributed by atoms with Crippen molar-refractivity contribution in [2.45, 2.75) is 19.4 Å². The van der Waals surface area contributed by atoms with E-state index in [0.29, 0.717) is 36.8 Å². The summed E-state index contributed by atoms with van der Waals surface area (Å²) in [4.78, 5) is 28.8. The number of nitrogens with zero attached hydrogens (tertiary/aromatic N) is 1. The molecule has 0 spiro atoms. The van der Waals surface area contributed by atoms with E-state index in [0.717, 1.165) is 11.3 Å². The molecular weight excluding hydrogens is 430 g/mol. The van der Waals surface area contributed by atoms with Crippen molar-refractivity contribution in [3.05, 3.63) is 65.6 Å². The molecule has 0 saturated carbocycles. The number of aromatic nitrogens is 1. The Morgan fingerprint density at radius 3 is 2.72 bits per heavy atom. The number of ketones is 1. The van der Waals surface area contributed by atoms with Crippen molar-refractivity contribution < 1.29 is 24.2 Å². The Labute approximate surface area is 191 Å². The van der Waals surface area contributed by atoms with Crippen LogP contribution >= 0.6 is 12.2 Å². The van der Waals surface area contributed by atoms with Gasteiger partial charge in [0, 0.05) is 49.6 Å². The van der Waals surface area contributed by atoms with Gasteiger partial charge in [-0.2, -0.15) is 0 Å². The van der Waals surface area contributed by atoms with Crippen LogP contribution in [0.4, 0.5) is 5.69 Å². The number of para-hydroxylation sites is 1. The number of hydrogen-bond donors (Lipinski definition) is 3. The summed E-state index contributed by atoms with van der Waals surface area (Å²) < 4.78 is 10.7. The Bertz CT molecular complexity index is 1010. The molecule has 1 aromatic heterocycles. The minimum absolute atomic E-state index is 0.0902. The second kappa shape index (κ2) is 11.4. The number of anilines is 1. The van der Waals surface area contributed by atoms with Gasteiger partial charge in [-0.3, -0.25) is 14.6 Å². The summed E-state index contributed by atoms with van der Waals surface area (Å²) in [7, 11) is 1.59. The number of carbonyl (C=O) groups is 2. The molecule has 0 radical (unpaired) electrons. The first-order valence-electron chi connectivity index (χ1n) is 10.1. The standard InChI is InChI=1S/C23H25N3O5S/c1-30-9-10-31-20-14-24-8-7-15(20)13-25-18-11-16(23(28)29)12-19(27)21(18)22(32)26-17-5-3-2-4-6-17/h2-8,14,16,25H,9-13H2,1H3,(H,26,32)(H,28,29). The van der Waals surface area contributed by atoms with Gasteiger partial charge >= 0.3 is 5.97 Å². The number of nitrogens with one attached hydrogen (secondary N) is 2.